The van der Waals surface area contributed by atoms with Crippen LogP contribution in [0.15, 0.2) is 72.8 Å². The quantitative estimate of drug-likeness (QED) is 0.387. The van der Waals surface area contributed by atoms with Crippen molar-refractivity contribution in [2.45, 2.75) is 25.9 Å². The normalized spacial score (nSPS) is 11.9. The van der Waals surface area contributed by atoms with Crippen molar-refractivity contribution in [1.82, 2.24) is 10.2 Å². The fraction of sp³-hybridized carbons (Fsp3) is 0.286. The summed E-state index contributed by atoms with van der Waals surface area (Å²) in [7, 11) is -0.823. The molecule has 0 saturated carbocycles. The second kappa shape index (κ2) is 12.8. The van der Waals surface area contributed by atoms with Crippen molar-refractivity contribution in [3.63, 3.8) is 0 Å². The van der Waals surface area contributed by atoms with Gasteiger partial charge in [0.2, 0.25) is 21.8 Å². The second-order valence-electron chi connectivity index (χ2n) is 8.85. The number of ether oxygens (including phenoxy) is 1. The lowest BCUT2D eigenvalue weighted by atomic mass is 10.0. The minimum absolute atomic E-state index is 0.0626. The van der Waals surface area contributed by atoms with Gasteiger partial charge in [0, 0.05) is 25.0 Å². The van der Waals surface area contributed by atoms with E-state index in [0.717, 1.165) is 21.7 Å². The third-order valence-corrected chi connectivity index (χ3v) is 7.73. The van der Waals surface area contributed by atoms with Gasteiger partial charge in [0.05, 0.1) is 19.1 Å². The van der Waals surface area contributed by atoms with Crippen molar-refractivity contribution in [3.8, 4) is 5.75 Å². The van der Waals surface area contributed by atoms with E-state index >= 15 is 0 Å². The Morgan fingerprint density at radius 1 is 1.00 bits per heavy atom. The van der Waals surface area contributed by atoms with Crippen LogP contribution in [-0.4, -0.2) is 58.1 Å². The molecule has 0 aliphatic carbocycles. The molecule has 1 unspecified atom stereocenters. The molecule has 1 N–H and O–H groups in total. The van der Waals surface area contributed by atoms with Crippen LogP contribution in [0.2, 0.25) is 5.02 Å². The first-order valence-electron chi connectivity index (χ1n) is 12.0. The fourth-order valence-corrected chi connectivity index (χ4v) is 5.22. The molecule has 3 rings (SSSR count). The summed E-state index contributed by atoms with van der Waals surface area (Å²) in [6, 6.07) is 20.5. The summed E-state index contributed by atoms with van der Waals surface area (Å²) in [5, 5.41) is 3.03. The Morgan fingerprint density at radius 3 is 2.29 bits per heavy atom. The minimum atomic E-state index is -3.87. The first-order valence-corrected chi connectivity index (χ1v) is 14.2. The smallest absolute Gasteiger partial charge is 0.244 e. The van der Waals surface area contributed by atoms with E-state index in [-0.39, 0.29) is 18.9 Å². The highest BCUT2D eigenvalue weighted by molar-refractivity contribution is 7.92. The fourth-order valence-electron chi connectivity index (χ4n) is 4.15. The van der Waals surface area contributed by atoms with Crippen LogP contribution >= 0.6 is 11.6 Å². The topological polar surface area (TPSA) is 96.0 Å². The highest BCUT2D eigenvalue weighted by Crippen LogP contribution is 2.29. The lowest BCUT2D eigenvalue weighted by Crippen LogP contribution is -2.53. The molecule has 0 aromatic heterocycles. The molecule has 0 aliphatic rings. The molecule has 10 heteroatoms. The molecule has 3 aromatic rings. The van der Waals surface area contributed by atoms with E-state index in [1.807, 2.05) is 36.4 Å². The Kier molecular flexibility index (Phi) is 9.77. The van der Waals surface area contributed by atoms with Crippen LogP contribution in [0.1, 0.15) is 16.7 Å². The van der Waals surface area contributed by atoms with Crippen molar-refractivity contribution >= 4 is 39.1 Å². The molecule has 0 bridgehead atoms. The van der Waals surface area contributed by atoms with Crippen LogP contribution in [0.4, 0.5) is 5.69 Å². The largest absolute Gasteiger partial charge is 0.497 e. The standard InChI is InChI=1S/C28H32ClN3O5S/c1-20-24(29)14-9-15-25(20)32(38(4,35)36)19-27(33)31(18-22-12-8-13-23(16-22)37-3)26(28(34)30-2)17-21-10-6-5-7-11-21/h5-16,26H,17-19H2,1-4H3,(H,30,34). The third-order valence-electron chi connectivity index (χ3n) is 6.19. The number of sulfonamides is 1. The molecule has 0 spiro atoms. The van der Waals surface area contributed by atoms with Crippen molar-refractivity contribution in [2.75, 3.05) is 31.3 Å². The van der Waals surface area contributed by atoms with Gasteiger partial charge in [0.1, 0.15) is 18.3 Å². The first kappa shape index (κ1) is 29.0. The van der Waals surface area contributed by atoms with Crippen molar-refractivity contribution < 1.29 is 22.7 Å². The number of carbonyl (C=O) groups is 2. The molecule has 8 nitrogen and oxygen atoms in total. The Hall–Kier alpha value is -3.56. The van der Waals surface area contributed by atoms with Gasteiger partial charge < -0.3 is 15.0 Å². The summed E-state index contributed by atoms with van der Waals surface area (Å²) in [4.78, 5) is 28.5. The zero-order valence-electron chi connectivity index (χ0n) is 21.8. The van der Waals surface area contributed by atoms with Gasteiger partial charge in [-0.15, -0.1) is 0 Å². The molecule has 1 atom stereocenters. The van der Waals surface area contributed by atoms with E-state index in [1.165, 1.54) is 11.9 Å². The average molecular weight is 558 g/mol. The minimum Gasteiger partial charge on any atom is -0.497 e. The van der Waals surface area contributed by atoms with Gasteiger partial charge in [0.15, 0.2) is 0 Å². The highest BCUT2D eigenvalue weighted by Gasteiger charge is 2.33. The van der Waals surface area contributed by atoms with E-state index in [2.05, 4.69) is 5.32 Å². The number of hydrogen-bond acceptors (Lipinski definition) is 5. The van der Waals surface area contributed by atoms with Crippen LogP contribution in [0.3, 0.4) is 0 Å². The molecule has 0 fully saturated rings. The summed E-state index contributed by atoms with van der Waals surface area (Å²) in [5.41, 5.74) is 2.41. The number of methoxy groups -OCH3 is 1. The van der Waals surface area contributed by atoms with Gasteiger partial charge >= 0.3 is 0 Å². The SMILES string of the molecule is CNC(=O)C(Cc1ccccc1)N(Cc1cccc(OC)c1)C(=O)CN(c1cccc(Cl)c1C)S(C)(=O)=O. The molecule has 38 heavy (non-hydrogen) atoms. The maximum absolute atomic E-state index is 14.0. The molecule has 3 aromatic carbocycles. The average Bonchev–Trinajstić information content (AvgIpc) is 2.90. The van der Waals surface area contributed by atoms with E-state index in [9.17, 15) is 18.0 Å². The predicted molar refractivity (Wildman–Crippen MR) is 150 cm³/mol. The number of halogens is 1. The van der Waals surface area contributed by atoms with Crippen LogP contribution in [-0.2, 0) is 32.6 Å². The zero-order valence-corrected chi connectivity index (χ0v) is 23.4. The molecule has 202 valence electrons. The Balaban J connectivity index is 2.06. The number of carbonyl (C=O) groups excluding carboxylic acids is 2. The summed E-state index contributed by atoms with van der Waals surface area (Å²) >= 11 is 6.26. The van der Waals surface area contributed by atoms with Crippen LogP contribution in [0.5, 0.6) is 5.75 Å². The lowest BCUT2D eigenvalue weighted by molar-refractivity contribution is -0.139. The third kappa shape index (κ3) is 7.26. The number of likely N-dealkylation sites (N-methyl/N-ethyl adjacent to an activating group) is 1. The Bertz CT molecular complexity index is 1380. The van der Waals surface area contributed by atoms with Gasteiger partial charge in [-0.3, -0.25) is 13.9 Å². The Morgan fingerprint density at radius 2 is 1.66 bits per heavy atom. The summed E-state index contributed by atoms with van der Waals surface area (Å²) in [6.45, 7) is 1.25. The number of hydrogen-bond donors (Lipinski definition) is 1. The van der Waals surface area contributed by atoms with E-state index in [1.54, 1.807) is 50.4 Å². The maximum Gasteiger partial charge on any atom is 0.244 e. The number of nitrogens with zero attached hydrogens (tertiary/aromatic N) is 2. The van der Waals surface area contributed by atoms with Crippen LogP contribution < -0.4 is 14.4 Å². The second-order valence-corrected chi connectivity index (χ2v) is 11.2. The van der Waals surface area contributed by atoms with Gasteiger partial charge in [-0.1, -0.05) is 60.1 Å². The molecule has 0 heterocycles. The van der Waals surface area contributed by atoms with Crippen LogP contribution in [0.25, 0.3) is 0 Å². The molecular weight excluding hydrogens is 526 g/mol. The van der Waals surface area contributed by atoms with Gasteiger partial charge in [-0.2, -0.15) is 0 Å². The van der Waals surface area contributed by atoms with Crippen LogP contribution in [0, 0.1) is 6.92 Å². The Labute approximate surface area is 229 Å². The maximum atomic E-state index is 14.0. The van der Waals surface area contributed by atoms with Crippen molar-refractivity contribution in [2.24, 2.45) is 0 Å². The molecule has 2 amide bonds. The summed E-state index contributed by atoms with van der Waals surface area (Å²) < 4.78 is 32.1. The van der Waals surface area contributed by atoms with Gasteiger partial charge in [0.25, 0.3) is 0 Å². The zero-order chi connectivity index (χ0) is 27.9. The number of anilines is 1. The van der Waals surface area contributed by atoms with Gasteiger partial charge in [-0.25, -0.2) is 8.42 Å². The predicted octanol–water partition coefficient (Wildman–Crippen LogP) is 3.81. The van der Waals surface area contributed by atoms with E-state index in [0.29, 0.717) is 22.0 Å². The summed E-state index contributed by atoms with van der Waals surface area (Å²) in [6.07, 6.45) is 1.28. The first-order chi connectivity index (χ1) is 18.0. The monoisotopic (exact) mass is 557 g/mol. The highest BCUT2D eigenvalue weighted by atomic mass is 35.5. The number of benzene rings is 3. The van der Waals surface area contributed by atoms with E-state index < -0.39 is 28.5 Å². The molecular formula is C28H32ClN3O5S. The molecule has 0 saturated heterocycles. The number of rotatable bonds is 11. The van der Waals surface area contributed by atoms with E-state index in [4.69, 9.17) is 16.3 Å². The van der Waals surface area contributed by atoms with Gasteiger partial charge in [-0.05, 0) is 47.9 Å². The lowest BCUT2D eigenvalue weighted by Gasteiger charge is -2.33. The number of amides is 2. The summed E-state index contributed by atoms with van der Waals surface area (Å²) in [5.74, 6) is -0.307. The molecule has 0 radical (unpaired) electrons. The molecule has 0 aliphatic heterocycles. The number of nitrogens with one attached hydrogen (secondary N) is 1. The van der Waals surface area contributed by atoms with Crippen molar-refractivity contribution in [3.05, 3.63) is 94.5 Å². The van der Waals surface area contributed by atoms with Crippen molar-refractivity contribution in [1.29, 1.82) is 0 Å².